The van der Waals surface area contributed by atoms with E-state index in [0.717, 1.165) is 18.8 Å². The van der Waals surface area contributed by atoms with Gasteiger partial charge in [-0.15, -0.1) is 0 Å². The predicted octanol–water partition coefficient (Wildman–Crippen LogP) is 2.91. The molecule has 0 saturated carbocycles. The van der Waals surface area contributed by atoms with Gasteiger partial charge in [0, 0.05) is 48.1 Å². The van der Waals surface area contributed by atoms with E-state index in [0.29, 0.717) is 5.56 Å². The summed E-state index contributed by atoms with van der Waals surface area (Å²) in [6.45, 7) is 5.70. The van der Waals surface area contributed by atoms with Crippen molar-refractivity contribution >= 4 is 23.5 Å². The minimum atomic E-state index is -0.579. The van der Waals surface area contributed by atoms with Gasteiger partial charge in [0.15, 0.2) is 0 Å². The van der Waals surface area contributed by atoms with E-state index in [1.807, 2.05) is 19.9 Å². The lowest BCUT2D eigenvalue weighted by molar-refractivity contribution is -0.384. The summed E-state index contributed by atoms with van der Waals surface area (Å²) >= 11 is 0. The third-order valence-electron chi connectivity index (χ3n) is 3.83. The van der Waals surface area contributed by atoms with E-state index in [9.17, 15) is 20.0 Å². The zero-order chi connectivity index (χ0) is 19.1. The number of nitrogens with zero attached hydrogens (tertiary/aromatic N) is 3. The average Bonchev–Trinajstić information content (AvgIpc) is 2.64. The third kappa shape index (κ3) is 4.56. The van der Waals surface area contributed by atoms with E-state index in [2.05, 4.69) is 15.4 Å². The SMILES string of the molecule is CCN(CC)c1ccc(/C=N/NC(=O)c2cccc([N+](=O)[O-])c2)c(O)c1. The minimum Gasteiger partial charge on any atom is -0.507 e. The van der Waals surface area contributed by atoms with Crippen LogP contribution in [0.3, 0.4) is 0 Å². The first-order valence-electron chi connectivity index (χ1n) is 8.12. The summed E-state index contributed by atoms with van der Waals surface area (Å²) in [5.74, 6) is -0.535. The number of nitro groups is 1. The van der Waals surface area contributed by atoms with Gasteiger partial charge >= 0.3 is 0 Å². The third-order valence-corrected chi connectivity index (χ3v) is 3.83. The molecule has 0 unspecified atom stereocenters. The Bertz CT molecular complexity index is 832. The topological polar surface area (TPSA) is 108 Å². The zero-order valence-corrected chi connectivity index (χ0v) is 14.5. The number of hydrogen-bond acceptors (Lipinski definition) is 6. The maximum absolute atomic E-state index is 12.0. The molecule has 0 aliphatic heterocycles. The van der Waals surface area contributed by atoms with Crippen LogP contribution in [0.2, 0.25) is 0 Å². The molecular formula is C18H20N4O4. The number of amides is 1. The molecule has 0 radical (unpaired) electrons. The molecule has 2 rings (SSSR count). The molecule has 0 atom stereocenters. The van der Waals surface area contributed by atoms with E-state index >= 15 is 0 Å². The molecule has 2 aromatic carbocycles. The largest absolute Gasteiger partial charge is 0.507 e. The highest BCUT2D eigenvalue weighted by molar-refractivity contribution is 5.95. The van der Waals surface area contributed by atoms with Crippen molar-refractivity contribution in [2.75, 3.05) is 18.0 Å². The number of rotatable bonds is 7. The number of anilines is 1. The van der Waals surface area contributed by atoms with E-state index in [-0.39, 0.29) is 17.0 Å². The quantitative estimate of drug-likeness (QED) is 0.450. The predicted molar refractivity (Wildman–Crippen MR) is 99.8 cm³/mol. The van der Waals surface area contributed by atoms with Crippen molar-refractivity contribution in [2.24, 2.45) is 5.10 Å². The van der Waals surface area contributed by atoms with Gasteiger partial charge < -0.3 is 10.0 Å². The molecular weight excluding hydrogens is 336 g/mol. The summed E-state index contributed by atoms with van der Waals surface area (Å²) in [7, 11) is 0. The lowest BCUT2D eigenvalue weighted by atomic mass is 10.2. The van der Waals surface area contributed by atoms with E-state index < -0.39 is 10.8 Å². The van der Waals surface area contributed by atoms with Crippen LogP contribution in [0.15, 0.2) is 47.6 Å². The molecule has 0 heterocycles. The Kier molecular flexibility index (Phi) is 6.26. The fraction of sp³-hybridized carbons (Fsp3) is 0.222. The lowest BCUT2D eigenvalue weighted by Gasteiger charge is -2.21. The van der Waals surface area contributed by atoms with Crippen molar-refractivity contribution in [3.8, 4) is 5.75 Å². The maximum Gasteiger partial charge on any atom is 0.271 e. The molecule has 0 bridgehead atoms. The van der Waals surface area contributed by atoms with Gasteiger partial charge in [0.1, 0.15) is 5.75 Å². The second-order valence-electron chi connectivity index (χ2n) is 5.42. The number of nitrogens with one attached hydrogen (secondary N) is 1. The summed E-state index contributed by atoms with van der Waals surface area (Å²) < 4.78 is 0. The van der Waals surface area contributed by atoms with Crippen LogP contribution in [0.5, 0.6) is 5.75 Å². The Morgan fingerprint density at radius 1 is 1.27 bits per heavy atom. The van der Waals surface area contributed by atoms with Crippen molar-refractivity contribution < 1.29 is 14.8 Å². The zero-order valence-electron chi connectivity index (χ0n) is 14.5. The smallest absolute Gasteiger partial charge is 0.271 e. The van der Waals surface area contributed by atoms with E-state index in [4.69, 9.17) is 0 Å². The molecule has 1 amide bonds. The molecule has 0 aromatic heterocycles. The molecule has 2 aromatic rings. The van der Waals surface area contributed by atoms with Gasteiger partial charge in [-0.3, -0.25) is 14.9 Å². The number of benzene rings is 2. The number of aromatic hydroxyl groups is 1. The maximum atomic E-state index is 12.0. The Balaban J connectivity index is 2.07. The van der Waals surface area contributed by atoms with Crippen LogP contribution in [0, 0.1) is 10.1 Å². The lowest BCUT2D eigenvalue weighted by Crippen LogP contribution is -2.21. The monoisotopic (exact) mass is 356 g/mol. The number of nitro benzene ring substituents is 1. The van der Waals surface area contributed by atoms with Gasteiger partial charge in [0.05, 0.1) is 11.1 Å². The van der Waals surface area contributed by atoms with Gasteiger partial charge in [0.25, 0.3) is 11.6 Å². The van der Waals surface area contributed by atoms with Crippen molar-refractivity contribution in [3.63, 3.8) is 0 Å². The van der Waals surface area contributed by atoms with Crippen LogP contribution < -0.4 is 10.3 Å². The molecule has 2 N–H and O–H groups in total. The number of carbonyl (C=O) groups is 1. The highest BCUT2D eigenvalue weighted by atomic mass is 16.6. The first-order chi connectivity index (χ1) is 12.5. The Labute approximate surface area is 150 Å². The standard InChI is InChI=1S/C18H20N4O4/c1-3-21(4-2)15-9-8-14(17(23)11-15)12-19-20-18(24)13-6-5-7-16(10-13)22(25)26/h5-12,23H,3-4H2,1-2H3,(H,20,24)/b19-12+. The van der Waals surface area contributed by atoms with Gasteiger partial charge in [-0.1, -0.05) is 6.07 Å². The number of phenolic OH excluding ortho intramolecular Hbond substituents is 1. The van der Waals surface area contributed by atoms with E-state index in [1.54, 1.807) is 12.1 Å². The highest BCUT2D eigenvalue weighted by Crippen LogP contribution is 2.23. The van der Waals surface area contributed by atoms with Crippen molar-refractivity contribution in [1.82, 2.24) is 5.43 Å². The molecule has 0 fully saturated rings. The average molecular weight is 356 g/mol. The molecule has 0 spiro atoms. The number of phenols is 1. The van der Waals surface area contributed by atoms with Crippen LogP contribution in [0.1, 0.15) is 29.8 Å². The van der Waals surface area contributed by atoms with Crippen molar-refractivity contribution in [1.29, 1.82) is 0 Å². The van der Waals surface area contributed by atoms with Crippen molar-refractivity contribution in [3.05, 3.63) is 63.7 Å². The molecule has 136 valence electrons. The highest BCUT2D eigenvalue weighted by Gasteiger charge is 2.11. The van der Waals surface area contributed by atoms with Crippen LogP contribution >= 0.6 is 0 Å². The van der Waals surface area contributed by atoms with E-state index in [1.165, 1.54) is 30.5 Å². The fourth-order valence-electron chi connectivity index (χ4n) is 2.41. The Hall–Kier alpha value is -3.42. The fourth-order valence-corrected chi connectivity index (χ4v) is 2.41. The first-order valence-corrected chi connectivity index (χ1v) is 8.12. The van der Waals surface area contributed by atoms with Gasteiger partial charge in [-0.2, -0.15) is 5.10 Å². The summed E-state index contributed by atoms with van der Waals surface area (Å²) in [6.07, 6.45) is 1.32. The molecule has 26 heavy (non-hydrogen) atoms. The van der Waals surface area contributed by atoms with Gasteiger partial charge in [0.2, 0.25) is 0 Å². The van der Waals surface area contributed by atoms with Crippen LogP contribution in [0.4, 0.5) is 11.4 Å². The number of hydrogen-bond donors (Lipinski definition) is 2. The molecule has 8 nitrogen and oxygen atoms in total. The minimum absolute atomic E-state index is 0.0442. The number of carbonyl (C=O) groups excluding carboxylic acids is 1. The summed E-state index contributed by atoms with van der Waals surface area (Å²) in [6, 6.07) is 10.5. The van der Waals surface area contributed by atoms with Crippen LogP contribution in [-0.2, 0) is 0 Å². The van der Waals surface area contributed by atoms with Gasteiger partial charge in [-0.05, 0) is 32.0 Å². The Morgan fingerprint density at radius 2 is 2.00 bits per heavy atom. The summed E-state index contributed by atoms with van der Waals surface area (Å²) in [4.78, 5) is 24.3. The molecule has 0 saturated heterocycles. The first kappa shape index (κ1) is 18.9. The number of non-ortho nitro benzene ring substituents is 1. The van der Waals surface area contributed by atoms with Gasteiger partial charge in [-0.25, -0.2) is 5.43 Å². The Morgan fingerprint density at radius 3 is 2.62 bits per heavy atom. The normalized spacial score (nSPS) is 10.7. The van der Waals surface area contributed by atoms with Crippen molar-refractivity contribution in [2.45, 2.75) is 13.8 Å². The molecule has 0 aliphatic rings. The summed E-state index contributed by atoms with van der Waals surface area (Å²) in [5, 5.41) is 24.6. The second kappa shape index (κ2) is 8.61. The summed E-state index contributed by atoms with van der Waals surface area (Å²) in [5.41, 5.74) is 3.57. The van der Waals surface area contributed by atoms with Crippen LogP contribution in [0.25, 0.3) is 0 Å². The molecule has 0 aliphatic carbocycles. The second-order valence-corrected chi connectivity index (χ2v) is 5.42. The van der Waals surface area contributed by atoms with Crippen LogP contribution in [-0.4, -0.2) is 35.2 Å². The number of hydrazone groups is 1. The molecule has 8 heteroatoms.